The number of ether oxygens (including phenoxy) is 2. The van der Waals surface area contributed by atoms with E-state index >= 15 is 0 Å². The predicted octanol–water partition coefficient (Wildman–Crippen LogP) is 5.67. The van der Waals surface area contributed by atoms with Gasteiger partial charge in [-0.25, -0.2) is 15.4 Å². The van der Waals surface area contributed by atoms with Crippen LogP contribution in [0, 0.1) is 0 Å². The predicted molar refractivity (Wildman–Crippen MR) is 111 cm³/mol. The van der Waals surface area contributed by atoms with Gasteiger partial charge in [0.25, 0.3) is 5.91 Å². The van der Waals surface area contributed by atoms with Crippen LogP contribution < -0.4 is 15.0 Å². The Morgan fingerprint density at radius 3 is 2.44 bits per heavy atom. The lowest BCUT2D eigenvalue weighted by Gasteiger charge is -2.15. The standard InChI is InChI=1S/C19H14Cl2F3N3O4S/c1-10(16(28)27-29-9-14-8-26-18(21)32-14)30-12-2-4-13(5-3-12)31-17-15(20)6-11(7-25-17)19(22,23)24/h2-8,10H,9H2,1H3,(H,27,28)/t10-/m1/s1. The van der Waals surface area contributed by atoms with Gasteiger partial charge in [-0.05, 0) is 37.3 Å². The van der Waals surface area contributed by atoms with Crippen LogP contribution >= 0.6 is 34.5 Å². The number of aromatic nitrogens is 2. The van der Waals surface area contributed by atoms with Crippen LogP contribution in [0.1, 0.15) is 17.4 Å². The summed E-state index contributed by atoms with van der Waals surface area (Å²) < 4.78 is 49.3. The number of benzene rings is 1. The van der Waals surface area contributed by atoms with Crippen LogP contribution in [0.25, 0.3) is 0 Å². The van der Waals surface area contributed by atoms with Crippen molar-refractivity contribution in [2.24, 2.45) is 0 Å². The van der Waals surface area contributed by atoms with E-state index in [1.54, 1.807) is 0 Å². The highest BCUT2D eigenvalue weighted by molar-refractivity contribution is 7.15. The van der Waals surface area contributed by atoms with Gasteiger partial charge in [-0.3, -0.25) is 9.63 Å². The molecule has 0 radical (unpaired) electrons. The lowest BCUT2D eigenvalue weighted by Crippen LogP contribution is -2.36. The van der Waals surface area contributed by atoms with Crippen molar-refractivity contribution in [2.75, 3.05) is 0 Å². The number of thiazole rings is 1. The van der Waals surface area contributed by atoms with Crippen molar-refractivity contribution < 1.29 is 32.3 Å². The Hall–Kier alpha value is -2.60. The molecule has 13 heteroatoms. The second-order valence-corrected chi connectivity index (χ2v) is 8.28. The maximum absolute atomic E-state index is 12.7. The second kappa shape index (κ2) is 10.3. The number of nitrogens with zero attached hydrogens (tertiary/aromatic N) is 2. The SMILES string of the molecule is C[C@@H](Oc1ccc(Oc2ncc(C(F)(F)F)cc2Cl)cc1)C(=O)NOCc1cnc(Cl)s1. The number of pyridine rings is 1. The van der Waals surface area contributed by atoms with Crippen LogP contribution in [0.3, 0.4) is 0 Å². The first-order valence-electron chi connectivity index (χ1n) is 8.81. The minimum atomic E-state index is -4.56. The van der Waals surface area contributed by atoms with Crippen LogP contribution in [0.5, 0.6) is 17.4 Å². The third-order valence-corrected chi connectivity index (χ3v) is 5.13. The highest BCUT2D eigenvalue weighted by Gasteiger charge is 2.31. The average molecular weight is 508 g/mol. The summed E-state index contributed by atoms with van der Waals surface area (Å²) >= 11 is 12.8. The van der Waals surface area contributed by atoms with Gasteiger partial charge in [-0.1, -0.05) is 23.2 Å². The molecule has 0 saturated heterocycles. The summed E-state index contributed by atoms with van der Waals surface area (Å²) in [6, 6.07) is 6.72. The van der Waals surface area contributed by atoms with Crippen molar-refractivity contribution in [3.05, 3.63) is 62.7 Å². The molecule has 0 bridgehead atoms. The zero-order valence-corrected chi connectivity index (χ0v) is 18.5. The monoisotopic (exact) mass is 507 g/mol. The molecular formula is C19H14Cl2F3N3O4S. The van der Waals surface area contributed by atoms with Crippen LogP contribution in [-0.4, -0.2) is 22.0 Å². The van der Waals surface area contributed by atoms with Gasteiger partial charge in [0.15, 0.2) is 10.6 Å². The van der Waals surface area contributed by atoms with Gasteiger partial charge in [0.05, 0.1) is 10.4 Å². The zero-order valence-electron chi connectivity index (χ0n) is 16.2. The molecule has 0 saturated carbocycles. The topological polar surface area (TPSA) is 82.6 Å². The van der Waals surface area contributed by atoms with Gasteiger partial charge in [0, 0.05) is 12.4 Å². The molecule has 3 rings (SSSR count). The first-order valence-corrected chi connectivity index (χ1v) is 10.4. The van der Waals surface area contributed by atoms with E-state index in [2.05, 4.69) is 15.4 Å². The third kappa shape index (κ3) is 6.70. The van der Waals surface area contributed by atoms with E-state index in [1.165, 1.54) is 48.7 Å². The molecule has 170 valence electrons. The molecule has 1 amide bonds. The summed E-state index contributed by atoms with van der Waals surface area (Å²) in [7, 11) is 0. The number of alkyl halides is 3. The zero-order chi connectivity index (χ0) is 23.3. The van der Waals surface area contributed by atoms with E-state index in [1.807, 2.05) is 0 Å². The maximum atomic E-state index is 12.7. The normalized spacial score (nSPS) is 12.3. The molecule has 32 heavy (non-hydrogen) atoms. The van der Waals surface area contributed by atoms with E-state index in [0.29, 0.717) is 16.4 Å². The molecule has 0 aliphatic heterocycles. The summed E-state index contributed by atoms with van der Waals surface area (Å²) in [5, 5.41) is -0.286. The van der Waals surface area contributed by atoms with Crippen molar-refractivity contribution in [3.8, 4) is 17.4 Å². The minimum absolute atomic E-state index is 0.107. The van der Waals surface area contributed by atoms with Gasteiger partial charge >= 0.3 is 6.18 Å². The fourth-order valence-electron chi connectivity index (χ4n) is 2.22. The number of hydroxylamine groups is 1. The number of hydrogen-bond donors (Lipinski definition) is 1. The lowest BCUT2D eigenvalue weighted by molar-refractivity contribution is -0.141. The van der Waals surface area contributed by atoms with E-state index in [-0.39, 0.29) is 23.3 Å². The average Bonchev–Trinajstić information content (AvgIpc) is 3.15. The Labute approximate surface area is 194 Å². The van der Waals surface area contributed by atoms with Crippen molar-refractivity contribution in [1.82, 2.24) is 15.4 Å². The second-order valence-electron chi connectivity index (χ2n) is 6.18. The Morgan fingerprint density at radius 2 is 1.84 bits per heavy atom. The molecule has 0 unspecified atom stereocenters. The number of rotatable bonds is 8. The van der Waals surface area contributed by atoms with Gasteiger partial charge < -0.3 is 9.47 Å². The quantitative estimate of drug-likeness (QED) is 0.395. The Kier molecular flexibility index (Phi) is 7.77. The molecule has 7 nitrogen and oxygen atoms in total. The number of carbonyl (C=O) groups is 1. The summed E-state index contributed by atoms with van der Waals surface area (Å²) in [5.74, 6) is -0.0852. The molecule has 2 heterocycles. The van der Waals surface area contributed by atoms with E-state index in [4.69, 9.17) is 37.5 Å². The molecule has 2 aromatic heterocycles. The van der Waals surface area contributed by atoms with E-state index < -0.39 is 23.8 Å². The molecule has 1 atom stereocenters. The Balaban J connectivity index is 1.51. The molecule has 0 aliphatic rings. The highest BCUT2D eigenvalue weighted by atomic mass is 35.5. The van der Waals surface area contributed by atoms with Crippen molar-refractivity contribution in [3.63, 3.8) is 0 Å². The van der Waals surface area contributed by atoms with Gasteiger partial charge in [-0.15, -0.1) is 11.3 Å². The molecule has 0 fully saturated rings. The molecule has 0 spiro atoms. The Morgan fingerprint density at radius 1 is 1.16 bits per heavy atom. The van der Waals surface area contributed by atoms with Gasteiger partial charge in [0.2, 0.25) is 5.88 Å². The fourth-order valence-corrected chi connectivity index (χ4v) is 3.32. The maximum Gasteiger partial charge on any atom is 0.417 e. The van der Waals surface area contributed by atoms with Crippen LogP contribution in [0.4, 0.5) is 13.2 Å². The lowest BCUT2D eigenvalue weighted by atomic mass is 10.3. The largest absolute Gasteiger partial charge is 0.481 e. The van der Waals surface area contributed by atoms with E-state index in [9.17, 15) is 18.0 Å². The summed E-state index contributed by atoms with van der Waals surface area (Å²) in [6.07, 6.45) is -3.27. The van der Waals surface area contributed by atoms with Crippen molar-refractivity contribution >= 4 is 40.4 Å². The van der Waals surface area contributed by atoms with Crippen molar-refractivity contribution in [2.45, 2.75) is 25.8 Å². The molecule has 3 aromatic rings. The number of amides is 1. The first kappa shape index (κ1) is 24.1. The molecule has 0 aliphatic carbocycles. The molecule has 1 aromatic carbocycles. The summed E-state index contributed by atoms with van der Waals surface area (Å²) in [6.45, 7) is 1.63. The molecular weight excluding hydrogens is 494 g/mol. The summed E-state index contributed by atoms with van der Waals surface area (Å²) in [5.41, 5.74) is 1.29. The van der Waals surface area contributed by atoms with Crippen LogP contribution in [0.15, 0.2) is 42.7 Å². The number of hydrogen-bond acceptors (Lipinski definition) is 7. The van der Waals surface area contributed by atoms with Crippen LogP contribution in [-0.2, 0) is 22.4 Å². The van der Waals surface area contributed by atoms with Crippen molar-refractivity contribution in [1.29, 1.82) is 0 Å². The fraction of sp³-hybridized carbons (Fsp3) is 0.211. The Bertz CT molecular complexity index is 1080. The smallest absolute Gasteiger partial charge is 0.417 e. The van der Waals surface area contributed by atoms with E-state index in [0.717, 1.165) is 10.9 Å². The number of carbonyl (C=O) groups excluding carboxylic acids is 1. The van der Waals surface area contributed by atoms with Crippen LogP contribution in [0.2, 0.25) is 9.49 Å². The minimum Gasteiger partial charge on any atom is -0.481 e. The van der Waals surface area contributed by atoms with Gasteiger partial charge in [-0.2, -0.15) is 13.2 Å². The highest BCUT2D eigenvalue weighted by Crippen LogP contribution is 2.34. The third-order valence-electron chi connectivity index (χ3n) is 3.77. The number of nitrogens with one attached hydrogen (secondary N) is 1. The number of halogens is 5. The molecule has 1 N–H and O–H groups in total. The van der Waals surface area contributed by atoms with Gasteiger partial charge in [0.1, 0.15) is 23.1 Å². The first-order chi connectivity index (χ1) is 15.1. The summed E-state index contributed by atoms with van der Waals surface area (Å²) in [4.78, 5) is 25.4.